The number of carbonyl (C=O) groups excluding carboxylic acids is 1. The summed E-state index contributed by atoms with van der Waals surface area (Å²) >= 11 is 1.61. The molecule has 0 amide bonds. The van der Waals surface area contributed by atoms with Gasteiger partial charge in [-0.25, -0.2) is 4.98 Å². The van der Waals surface area contributed by atoms with Crippen LogP contribution in [0.4, 0.5) is 0 Å². The highest BCUT2D eigenvalue weighted by molar-refractivity contribution is 7.11. The minimum atomic E-state index is -0.465. The van der Waals surface area contributed by atoms with E-state index >= 15 is 0 Å². The van der Waals surface area contributed by atoms with E-state index in [0.717, 1.165) is 10.7 Å². The average molecular weight is 226 g/mol. The molecule has 15 heavy (non-hydrogen) atoms. The van der Waals surface area contributed by atoms with Crippen LogP contribution in [0.5, 0.6) is 0 Å². The highest BCUT2D eigenvalue weighted by atomic mass is 32.1. The maximum absolute atomic E-state index is 11.9. The first-order valence-electron chi connectivity index (χ1n) is 5.02. The third kappa shape index (κ3) is 2.86. The number of thiazole rings is 1. The largest absolute Gasteiger partial charge is 0.308 e. The van der Waals surface area contributed by atoms with Gasteiger partial charge in [0.2, 0.25) is 0 Å². The number of rotatable bonds is 4. The number of nitrogens with one attached hydrogen (secondary N) is 1. The van der Waals surface area contributed by atoms with Gasteiger partial charge in [-0.05, 0) is 34.7 Å². The minimum Gasteiger partial charge on any atom is -0.308 e. The zero-order valence-corrected chi connectivity index (χ0v) is 10.8. The van der Waals surface area contributed by atoms with Gasteiger partial charge in [-0.1, -0.05) is 0 Å². The molecule has 0 radical (unpaired) electrons. The first kappa shape index (κ1) is 12.3. The van der Waals surface area contributed by atoms with Crippen molar-refractivity contribution < 1.29 is 4.79 Å². The molecule has 3 nitrogen and oxygen atoms in total. The maximum atomic E-state index is 11.9. The number of Topliss-reactive ketones (excluding diaryl/α,β-unsaturated/α-hetero) is 1. The van der Waals surface area contributed by atoms with Gasteiger partial charge in [0.05, 0.1) is 17.7 Å². The van der Waals surface area contributed by atoms with Crippen LogP contribution in [0.1, 0.15) is 29.4 Å². The van der Waals surface area contributed by atoms with Crippen molar-refractivity contribution in [2.24, 2.45) is 0 Å². The summed E-state index contributed by atoms with van der Waals surface area (Å²) in [4.78, 5) is 17.5. The molecule has 1 aromatic heterocycles. The van der Waals surface area contributed by atoms with E-state index in [2.05, 4.69) is 10.3 Å². The van der Waals surface area contributed by atoms with Crippen LogP contribution in [0.15, 0.2) is 0 Å². The van der Waals surface area contributed by atoms with Gasteiger partial charge >= 0.3 is 0 Å². The first-order chi connectivity index (χ1) is 6.86. The molecule has 0 aromatic carbocycles. The summed E-state index contributed by atoms with van der Waals surface area (Å²) in [5, 5.41) is 3.93. The molecule has 1 rings (SSSR count). The summed E-state index contributed by atoms with van der Waals surface area (Å²) in [7, 11) is 1.80. The molecule has 0 spiro atoms. The van der Waals surface area contributed by atoms with Crippen molar-refractivity contribution in [2.75, 3.05) is 7.05 Å². The van der Waals surface area contributed by atoms with Gasteiger partial charge in [0.1, 0.15) is 5.01 Å². The van der Waals surface area contributed by atoms with Gasteiger partial charge < -0.3 is 5.32 Å². The van der Waals surface area contributed by atoms with Crippen molar-refractivity contribution in [1.82, 2.24) is 10.3 Å². The van der Waals surface area contributed by atoms with E-state index in [1.54, 1.807) is 18.4 Å². The third-order valence-corrected chi connectivity index (χ3v) is 3.78. The Kier molecular flexibility index (Phi) is 3.62. The summed E-state index contributed by atoms with van der Waals surface area (Å²) in [6, 6.07) is 0. The molecular weight excluding hydrogens is 208 g/mol. The molecule has 0 aliphatic heterocycles. The Labute approximate surface area is 94.9 Å². The van der Waals surface area contributed by atoms with Gasteiger partial charge in [0.15, 0.2) is 5.78 Å². The van der Waals surface area contributed by atoms with E-state index in [1.807, 2.05) is 27.7 Å². The Hall–Kier alpha value is -0.740. The lowest BCUT2D eigenvalue weighted by atomic mass is 9.97. The highest BCUT2D eigenvalue weighted by Gasteiger charge is 2.25. The van der Waals surface area contributed by atoms with Gasteiger partial charge in [-0.3, -0.25) is 4.79 Å². The Morgan fingerprint density at radius 3 is 2.47 bits per heavy atom. The van der Waals surface area contributed by atoms with E-state index in [0.29, 0.717) is 6.42 Å². The van der Waals surface area contributed by atoms with Crippen LogP contribution in [0.2, 0.25) is 0 Å². The standard InChI is InChI=1S/C11H18N2OS/c1-7-8(2)15-10(13-7)6-9(14)11(3,4)12-5/h12H,6H2,1-5H3. The predicted octanol–water partition coefficient (Wildman–Crippen LogP) is 1.87. The number of aromatic nitrogens is 1. The van der Waals surface area contributed by atoms with E-state index in [4.69, 9.17) is 0 Å². The summed E-state index contributed by atoms with van der Waals surface area (Å²) in [5.41, 5.74) is 0.568. The molecule has 0 saturated heterocycles. The molecule has 0 fully saturated rings. The molecule has 0 aliphatic rings. The van der Waals surface area contributed by atoms with Gasteiger partial charge in [0.25, 0.3) is 0 Å². The molecule has 4 heteroatoms. The van der Waals surface area contributed by atoms with Crippen molar-refractivity contribution >= 4 is 17.1 Å². The number of hydrogen-bond donors (Lipinski definition) is 1. The fourth-order valence-corrected chi connectivity index (χ4v) is 2.05. The number of hydrogen-bond acceptors (Lipinski definition) is 4. The van der Waals surface area contributed by atoms with E-state index in [1.165, 1.54) is 4.88 Å². The summed E-state index contributed by atoms with van der Waals surface area (Å²) in [5.74, 6) is 0.179. The van der Waals surface area contributed by atoms with Crippen LogP contribution < -0.4 is 5.32 Å². The Balaban J connectivity index is 2.75. The molecule has 84 valence electrons. The zero-order chi connectivity index (χ0) is 11.6. The fourth-order valence-electron chi connectivity index (χ4n) is 1.11. The number of carbonyl (C=O) groups is 1. The normalized spacial score (nSPS) is 11.8. The maximum Gasteiger partial charge on any atom is 0.159 e. The van der Waals surface area contributed by atoms with E-state index in [-0.39, 0.29) is 5.78 Å². The average Bonchev–Trinajstić information content (AvgIpc) is 2.46. The summed E-state index contributed by atoms with van der Waals surface area (Å²) < 4.78 is 0. The molecule has 0 atom stereocenters. The molecule has 0 aliphatic carbocycles. The molecule has 1 aromatic rings. The van der Waals surface area contributed by atoms with Gasteiger partial charge in [-0.15, -0.1) is 11.3 Å². The molecule has 0 saturated carbocycles. The van der Waals surface area contributed by atoms with Crippen molar-refractivity contribution in [3.05, 3.63) is 15.6 Å². The second-order valence-corrected chi connectivity index (χ2v) is 5.51. The number of aryl methyl sites for hydroxylation is 2. The predicted molar refractivity (Wildman–Crippen MR) is 63.4 cm³/mol. The van der Waals surface area contributed by atoms with Crippen molar-refractivity contribution in [3.8, 4) is 0 Å². The molecule has 1 heterocycles. The van der Waals surface area contributed by atoms with E-state index in [9.17, 15) is 4.79 Å². The first-order valence-corrected chi connectivity index (χ1v) is 5.83. The number of ketones is 1. The Morgan fingerprint density at radius 1 is 1.47 bits per heavy atom. The second kappa shape index (κ2) is 4.41. The van der Waals surface area contributed by atoms with Gasteiger partial charge in [-0.2, -0.15) is 0 Å². The van der Waals surface area contributed by atoms with Crippen LogP contribution in [-0.2, 0) is 11.2 Å². The quantitative estimate of drug-likeness (QED) is 0.852. The Morgan fingerprint density at radius 2 is 2.07 bits per heavy atom. The number of nitrogens with zero attached hydrogens (tertiary/aromatic N) is 1. The minimum absolute atomic E-state index is 0.179. The third-order valence-electron chi connectivity index (χ3n) is 2.71. The van der Waals surface area contributed by atoms with Crippen LogP contribution in [-0.4, -0.2) is 23.4 Å². The van der Waals surface area contributed by atoms with Crippen LogP contribution >= 0.6 is 11.3 Å². The second-order valence-electron chi connectivity index (χ2n) is 4.22. The Bertz CT molecular complexity index is 349. The molecule has 0 unspecified atom stereocenters. The molecule has 1 N–H and O–H groups in total. The van der Waals surface area contributed by atoms with E-state index < -0.39 is 5.54 Å². The zero-order valence-electron chi connectivity index (χ0n) is 9.97. The smallest absolute Gasteiger partial charge is 0.159 e. The topological polar surface area (TPSA) is 42.0 Å². The molecule has 0 bridgehead atoms. The fraction of sp³-hybridized carbons (Fsp3) is 0.636. The SMILES string of the molecule is CNC(C)(C)C(=O)Cc1nc(C)c(C)s1. The van der Waals surface area contributed by atoms with Crippen LogP contribution in [0.3, 0.4) is 0 Å². The van der Waals surface area contributed by atoms with Crippen molar-refractivity contribution in [2.45, 2.75) is 39.7 Å². The highest BCUT2D eigenvalue weighted by Crippen LogP contribution is 2.18. The van der Waals surface area contributed by atoms with Gasteiger partial charge in [0, 0.05) is 4.88 Å². The summed E-state index contributed by atoms with van der Waals surface area (Å²) in [6.07, 6.45) is 0.424. The monoisotopic (exact) mass is 226 g/mol. The summed E-state index contributed by atoms with van der Waals surface area (Å²) in [6.45, 7) is 7.79. The van der Waals surface area contributed by atoms with Crippen LogP contribution in [0.25, 0.3) is 0 Å². The lowest BCUT2D eigenvalue weighted by molar-refractivity contribution is -0.123. The van der Waals surface area contributed by atoms with Crippen molar-refractivity contribution in [3.63, 3.8) is 0 Å². The number of likely N-dealkylation sites (N-methyl/N-ethyl adjacent to an activating group) is 1. The lowest BCUT2D eigenvalue weighted by Crippen LogP contribution is -2.45. The lowest BCUT2D eigenvalue weighted by Gasteiger charge is -2.21. The van der Waals surface area contributed by atoms with Crippen molar-refractivity contribution in [1.29, 1.82) is 0 Å². The molecular formula is C11H18N2OS. The van der Waals surface area contributed by atoms with Crippen LogP contribution in [0, 0.1) is 13.8 Å².